The highest BCUT2D eigenvalue weighted by molar-refractivity contribution is 8.00. The van der Waals surface area contributed by atoms with Crippen molar-refractivity contribution in [3.8, 4) is 11.4 Å². The van der Waals surface area contributed by atoms with E-state index in [1.807, 2.05) is 38.2 Å². The quantitative estimate of drug-likeness (QED) is 0.865. The molecule has 0 bridgehead atoms. The second-order valence-corrected chi connectivity index (χ2v) is 6.37. The summed E-state index contributed by atoms with van der Waals surface area (Å²) in [5.41, 5.74) is 2.09. The third-order valence-electron chi connectivity index (χ3n) is 3.60. The van der Waals surface area contributed by atoms with Gasteiger partial charge in [0.15, 0.2) is 5.82 Å². The van der Waals surface area contributed by atoms with E-state index in [0.29, 0.717) is 11.0 Å². The second kappa shape index (κ2) is 5.40. The van der Waals surface area contributed by atoms with Gasteiger partial charge in [-0.2, -0.15) is 0 Å². The molecule has 1 aliphatic rings. The third-order valence-corrected chi connectivity index (χ3v) is 4.81. The number of amides is 1. The molecule has 0 saturated carbocycles. The second-order valence-electron chi connectivity index (χ2n) is 5.20. The van der Waals surface area contributed by atoms with Crippen LogP contribution in [0.2, 0.25) is 0 Å². The van der Waals surface area contributed by atoms with Gasteiger partial charge in [-0.1, -0.05) is 41.6 Å². The molecule has 1 aromatic carbocycles. The van der Waals surface area contributed by atoms with E-state index >= 15 is 0 Å². The lowest BCUT2D eigenvalue weighted by Gasteiger charge is -2.09. The first-order valence-corrected chi connectivity index (χ1v) is 7.63. The van der Waals surface area contributed by atoms with E-state index in [1.165, 1.54) is 22.0 Å². The van der Waals surface area contributed by atoms with Gasteiger partial charge in [-0.15, -0.1) is 10.2 Å². The molecule has 0 aliphatic carbocycles. The summed E-state index contributed by atoms with van der Waals surface area (Å²) in [6.45, 7) is 2.81. The first-order valence-electron chi connectivity index (χ1n) is 6.75. The molecule has 1 unspecified atom stereocenters. The Bertz CT molecular complexity index is 667. The van der Waals surface area contributed by atoms with Crippen molar-refractivity contribution in [1.29, 1.82) is 0 Å². The number of carbonyl (C=O) groups is 1. The van der Waals surface area contributed by atoms with Crippen molar-refractivity contribution in [2.75, 3.05) is 19.4 Å². The number of aromatic nitrogens is 3. The van der Waals surface area contributed by atoms with Gasteiger partial charge in [0.05, 0.1) is 5.25 Å². The van der Waals surface area contributed by atoms with Gasteiger partial charge in [0, 0.05) is 19.2 Å². The Hall–Kier alpha value is -2.02. The normalized spacial score (nSPS) is 18.5. The highest BCUT2D eigenvalue weighted by atomic mass is 32.2. The van der Waals surface area contributed by atoms with Crippen LogP contribution in [0.5, 0.6) is 0 Å². The van der Waals surface area contributed by atoms with Crippen LogP contribution in [0.4, 0.5) is 0 Å². The molecular weight excluding hydrogens is 286 g/mol. The van der Waals surface area contributed by atoms with Crippen molar-refractivity contribution >= 4 is 17.7 Å². The van der Waals surface area contributed by atoms with Gasteiger partial charge in [-0.05, 0) is 13.3 Å². The Kier molecular flexibility index (Phi) is 3.59. The van der Waals surface area contributed by atoms with Crippen LogP contribution in [0, 0.1) is 6.92 Å². The van der Waals surface area contributed by atoms with Gasteiger partial charge in [-0.3, -0.25) is 4.79 Å². The standard InChI is InChI=1S/C14H17N5OS/c1-9-3-5-10(6-4-9)12-16-17-14(19(12)15)21-11-7-8-18(2)13(11)20/h3-6,11H,7-8,15H2,1-2H3. The van der Waals surface area contributed by atoms with Gasteiger partial charge in [0.2, 0.25) is 11.1 Å². The molecule has 1 amide bonds. The number of nitrogens with zero attached hydrogens (tertiary/aromatic N) is 4. The highest BCUT2D eigenvalue weighted by Crippen LogP contribution is 2.30. The summed E-state index contributed by atoms with van der Waals surface area (Å²) in [6, 6.07) is 7.94. The highest BCUT2D eigenvalue weighted by Gasteiger charge is 2.31. The van der Waals surface area contributed by atoms with E-state index < -0.39 is 0 Å². The Balaban J connectivity index is 1.83. The zero-order valence-electron chi connectivity index (χ0n) is 12.0. The molecule has 7 heteroatoms. The molecule has 2 N–H and O–H groups in total. The largest absolute Gasteiger partial charge is 0.345 e. The van der Waals surface area contributed by atoms with Crippen LogP contribution in [0.25, 0.3) is 11.4 Å². The van der Waals surface area contributed by atoms with Crippen molar-refractivity contribution in [2.45, 2.75) is 23.8 Å². The summed E-state index contributed by atoms with van der Waals surface area (Å²) in [6.07, 6.45) is 0.812. The topological polar surface area (TPSA) is 77.0 Å². The molecule has 2 aromatic rings. The smallest absolute Gasteiger partial charge is 0.235 e. The summed E-state index contributed by atoms with van der Waals surface area (Å²) in [4.78, 5) is 13.7. The van der Waals surface area contributed by atoms with Crippen LogP contribution in [0.3, 0.4) is 0 Å². The van der Waals surface area contributed by atoms with Gasteiger partial charge < -0.3 is 10.7 Å². The van der Waals surface area contributed by atoms with Crippen molar-refractivity contribution in [2.24, 2.45) is 0 Å². The van der Waals surface area contributed by atoms with E-state index in [4.69, 9.17) is 5.84 Å². The molecule has 2 heterocycles. The number of nitrogens with two attached hydrogens (primary N) is 1. The molecule has 0 spiro atoms. The number of aryl methyl sites for hydroxylation is 1. The lowest BCUT2D eigenvalue weighted by atomic mass is 10.1. The van der Waals surface area contributed by atoms with Crippen molar-refractivity contribution in [1.82, 2.24) is 19.8 Å². The minimum Gasteiger partial charge on any atom is -0.345 e. The van der Waals surface area contributed by atoms with Crippen LogP contribution in [-0.2, 0) is 4.79 Å². The number of likely N-dealkylation sites (tertiary alicyclic amines) is 1. The van der Waals surface area contributed by atoms with E-state index in [2.05, 4.69) is 10.2 Å². The number of hydrogen-bond acceptors (Lipinski definition) is 5. The monoisotopic (exact) mass is 303 g/mol. The van der Waals surface area contributed by atoms with Crippen LogP contribution in [0.1, 0.15) is 12.0 Å². The zero-order valence-corrected chi connectivity index (χ0v) is 12.8. The van der Waals surface area contributed by atoms with Crippen LogP contribution < -0.4 is 5.84 Å². The number of hydrogen-bond donors (Lipinski definition) is 1. The van der Waals surface area contributed by atoms with Crippen LogP contribution >= 0.6 is 11.8 Å². The maximum absolute atomic E-state index is 11.9. The average molecular weight is 303 g/mol. The fraction of sp³-hybridized carbons (Fsp3) is 0.357. The van der Waals surface area contributed by atoms with E-state index in [1.54, 1.807) is 4.90 Å². The molecule has 0 radical (unpaired) electrons. The lowest BCUT2D eigenvalue weighted by Crippen LogP contribution is -2.24. The molecule has 1 fully saturated rings. The first-order chi connectivity index (χ1) is 10.1. The number of thioether (sulfide) groups is 1. The van der Waals surface area contributed by atoms with Gasteiger partial charge >= 0.3 is 0 Å². The molecule has 1 saturated heterocycles. The van der Waals surface area contributed by atoms with Crippen molar-refractivity contribution in [3.63, 3.8) is 0 Å². The van der Waals surface area contributed by atoms with Crippen LogP contribution in [0.15, 0.2) is 29.4 Å². The predicted molar refractivity (Wildman–Crippen MR) is 82.2 cm³/mol. The van der Waals surface area contributed by atoms with Gasteiger partial charge in [-0.25, -0.2) is 4.68 Å². The number of nitrogen functional groups attached to an aromatic ring is 1. The molecular formula is C14H17N5OS. The Morgan fingerprint density at radius 1 is 1.29 bits per heavy atom. The fourth-order valence-electron chi connectivity index (χ4n) is 2.28. The maximum Gasteiger partial charge on any atom is 0.235 e. The summed E-state index contributed by atoms with van der Waals surface area (Å²) in [5, 5.41) is 8.71. The van der Waals surface area contributed by atoms with Crippen molar-refractivity contribution < 1.29 is 4.79 Å². The van der Waals surface area contributed by atoms with Crippen LogP contribution in [-0.4, -0.2) is 44.5 Å². The van der Waals surface area contributed by atoms with E-state index in [9.17, 15) is 4.79 Å². The summed E-state index contributed by atoms with van der Waals surface area (Å²) in [5.74, 6) is 6.81. The van der Waals surface area contributed by atoms with Crippen molar-refractivity contribution in [3.05, 3.63) is 29.8 Å². The Morgan fingerprint density at radius 2 is 2.00 bits per heavy atom. The average Bonchev–Trinajstić information content (AvgIpc) is 2.98. The number of carbonyl (C=O) groups excluding carboxylic acids is 1. The first kappa shape index (κ1) is 13.9. The Morgan fingerprint density at radius 3 is 2.62 bits per heavy atom. The van der Waals surface area contributed by atoms with Gasteiger partial charge in [0.1, 0.15) is 0 Å². The minimum atomic E-state index is -0.118. The molecule has 1 aliphatic heterocycles. The number of rotatable bonds is 3. The molecule has 110 valence electrons. The van der Waals surface area contributed by atoms with E-state index in [-0.39, 0.29) is 11.2 Å². The summed E-state index contributed by atoms with van der Waals surface area (Å²) >= 11 is 1.38. The fourth-order valence-corrected chi connectivity index (χ4v) is 3.33. The predicted octanol–water partition coefficient (Wildman–Crippen LogP) is 1.29. The minimum absolute atomic E-state index is 0.118. The lowest BCUT2D eigenvalue weighted by molar-refractivity contribution is -0.126. The maximum atomic E-state index is 11.9. The molecule has 1 atom stereocenters. The summed E-state index contributed by atoms with van der Waals surface area (Å²) < 4.78 is 1.46. The SMILES string of the molecule is Cc1ccc(-c2nnc(SC3CCN(C)C3=O)n2N)cc1. The Labute approximate surface area is 127 Å². The zero-order chi connectivity index (χ0) is 15.0. The number of benzene rings is 1. The van der Waals surface area contributed by atoms with E-state index in [0.717, 1.165) is 18.5 Å². The molecule has 1 aromatic heterocycles. The third kappa shape index (κ3) is 2.61. The van der Waals surface area contributed by atoms with Gasteiger partial charge in [0.25, 0.3) is 0 Å². The molecule has 21 heavy (non-hydrogen) atoms. The molecule has 3 rings (SSSR count). The molecule has 6 nitrogen and oxygen atoms in total. The summed E-state index contributed by atoms with van der Waals surface area (Å²) in [7, 11) is 1.81.